The lowest BCUT2D eigenvalue weighted by molar-refractivity contribution is 0.0623. The van der Waals surface area contributed by atoms with Gasteiger partial charge in [-0.1, -0.05) is 20.8 Å². The molecule has 0 fully saturated rings. The van der Waals surface area contributed by atoms with E-state index in [-0.39, 0.29) is 5.41 Å². The van der Waals surface area contributed by atoms with Gasteiger partial charge in [0.15, 0.2) is 11.1 Å². The molecule has 0 aromatic rings. The molecule has 0 radical (unpaired) electrons. The van der Waals surface area contributed by atoms with E-state index in [2.05, 4.69) is 0 Å². The molecule has 3 nitrogen and oxygen atoms in total. The average Bonchev–Trinajstić information content (AvgIpc) is 1.82. The molecule has 0 saturated carbocycles. The van der Waals surface area contributed by atoms with Crippen molar-refractivity contribution in [1.29, 1.82) is 0 Å². The van der Waals surface area contributed by atoms with Crippen LogP contribution in [-0.4, -0.2) is 25.2 Å². The number of hydrogen-bond donors (Lipinski definition) is 2. The first-order chi connectivity index (χ1) is 4.76. The molecule has 0 aliphatic rings. The predicted octanol–water partition coefficient (Wildman–Crippen LogP) is 1.00. The summed E-state index contributed by atoms with van der Waals surface area (Å²) in [6.07, 6.45) is -0.742. The molecule has 0 spiro atoms. The summed E-state index contributed by atoms with van der Waals surface area (Å²) in [5.74, 6) is 0. The molecule has 0 heterocycles. The zero-order chi connectivity index (χ0) is 9.23. The molecule has 0 aliphatic heterocycles. The van der Waals surface area contributed by atoms with Crippen molar-refractivity contribution in [2.45, 2.75) is 39.0 Å². The van der Waals surface area contributed by atoms with Crippen LogP contribution in [0.1, 0.15) is 27.7 Å². The Hall–Kier alpha value is 0.0700. The number of aliphatic hydroxyl groups excluding tert-OH is 1. The summed E-state index contributed by atoms with van der Waals surface area (Å²) in [4.78, 5) is 0. The van der Waals surface area contributed by atoms with E-state index in [0.29, 0.717) is 0 Å². The van der Waals surface area contributed by atoms with E-state index in [1.807, 2.05) is 20.8 Å². The molecule has 0 aliphatic carbocycles. The molecule has 0 bridgehead atoms. The third kappa shape index (κ3) is 3.31. The minimum atomic E-state index is -1.94. The third-order valence-electron chi connectivity index (χ3n) is 1.65. The fourth-order valence-corrected chi connectivity index (χ4v) is 1.44. The van der Waals surface area contributed by atoms with Gasteiger partial charge in [0.05, 0.1) is 11.4 Å². The Morgan fingerprint density at radius 2 is 1.73 bits per heavy atom. The van der Waals surface area contributed by atoms with E-state index in [4.69, 9.17) is 4.55 Å². The summed E-state index contributed by atoms with van der Waals surface area (Å²) in [7, 11) is 0. The van der Waals surface area contributed by atoms with Crippen molar-refractivity contribution in [3.63, 3.8) is 0 Å². The molecule has 68 valence electrons. The van der Waals surface area contributed by atoms with Crippen molar-refractivity contribution in [3.8, 4) is 0 Å². The summed E-state index contributed by atoms with van der Waals surface area (Å²) in [6.45, 7) is 7.06. The highest BCUT2D eigenvalue weighted by atomic mass is 32.2. The molecule has 0 amide bonds. The smallest absolute Gasteiger partial charge is 0.158 e. The van der Waals surface area contributed by atoms with E-state index in [9.17, 15) is 9.32 Å². The Morgan fingerprint density at radius 1 is 1.36 bits per heavy atom. The van der Waals surface area contributed by atoms with Gasteiger partial charge in [0, 0.05) is 0 Å². The van der Waals surface area contributed by atoms with Crippen molar-refractivity contribution in [1.82, 2.24) is 0 Å². The van der Waals surface area contributed by atoms with Gasteiger partial charge in [0.1, 0.15) is 0 Å². The van der Waals surface area contributed by atoms with Gasteiger partial charge in [-0.05, 0) is 12.3 Å². The van der Waals surface area contributed by atoms with E-state index >= 15 is 0 Å². The van der Waals surface area contributed by atoms with Crippen molar-refractivity contribution in [3.05, 3.63) is 0 Å². The standard InChI is InChI=1S/C7H16O3S/c1-5(11(9)10)6(8)7(2,3)4/h5-6,8H,1-4H3,(H,9,10)/t5-,6+/m1/s1. The number of rotatable bonds is 2. The second-order valence-corrected chi connectivity index (χ2v) is 5.09. The number of hydrogen-bond acceptors (Lipinski definition) is 2. The van der Waals surface area contributed by atoms with E-state index in [1.165, 1.54) is 0 Å². The predicted molar refractivity (Wildman–Crippen MR) is 45.7 cm³/mol. The fourth-order valence-electron chi connectivity index (χ4n) is 0.814. The zero-order valence-electron chi connectivity index (χ0n) is 7.37. The molecular formula is C7H16O3S. The van der Waals surface area contributed by atoms with Gasteiger partial charge < -0.3 is 9.66 Å². The van der Waals surface area contributed by atoms with Gasteiger partial charge >= 0.3 is 0 Å². The van der Waals surface area contributed by atoms with Crippen molar-refractivity contribution < 1.29 is 13.9 Å². The second kappa shape index (κ2) is 3.65. The molecule has 3 atom stereocenters. The lowest BCUT2D eigenvalue weighted by Crippen LogP contribution is -2.38. The van der Waals surface area contributed by atoms with Gasteiger partial charge in [-0.3, -0.25) is 0 Å². The van der Waals surface area contributed by atoms with Crippen molar-refractivity contribution in [2.75, 3.05) is 0 Å². The maximum absolute atomic E-state index is 10.5. The van der Waals surface area contributed by atoms with Crippen LogP contribution >= 0.6 is 0 Å². The molecule has 1 unspecified atom stereocenters. The monoisotopic (exact) mass is 180 g/mol. The molecule has 0 aromatic heterocycles. The van der Waals surface area contributed by atoms with Gasteiger partial charge in [0.2, 0.25) is 0 Å². The summed E-state index contributed by atoms with van der Waals surface area (Å²) in [5.41, 5.74) is -0.336. The normalized spacial score (nSPS) is 20.9. The van der Waals surface area contributed by atoms with Crippen LogP contribution in [0.2, 0.25) is 0 Å². The Balaban J connectivity index is 4.25. The Morgan fingerprint density at radius 3 is 1.82 bits per heavy atom. The zero-order valence-corrected chi connectivity index (χ0v) is 8.18. The Labute approximate surface area is 70.1 Å². The van der Waals surface area contributed by atoms with Gasteiger partial charge in [0.25, 0.3) is 0 Å². The first kappa shape index (κ1) is 11.1. The summed E-state index contributed by atoms with van der Waals surface area (Å²) in [5, 5.41) is 8.88. The van der Waals surface area contributed by atoms with Crippen molar-refractivity contribution in [2.24, 2.45) is 5.41 Å². The lowest BCUT2D eigenvalue weighted by Gasteiger charge is -2.28. The lowest BCUT2D eigenvalue weighted by atomic mass is 9.87. The largest absolute Gasteiger partial charge is 0.391 e. The molecule has 2 N–H and O–H groups in total. The number of aliphatic hydroxyl groups is 1. The first-order valence-corrected chi connectivity index (χ1v) is 4.71. The van der Waals surface area contributed by atoms with Crippen LogP contribution in [0.5, 0.6) is 0 Å². The third-order valence-corrected chi connectivity index (χ3v) is 2.54. The fraction of sp³-hybridized carbons (Fsp3) is 1.00. The summed E-state index contributed by atoms with van der Waals surface area (Å²) >= 11 is -1.94. The average molecular weight is 180 g/mol. The Bertz CT molecular complexity index is 150. The summed E-state index contributed by atoms with van der Waals surface area (Å²) < 4.78 is 19.2. The SMILES string of the molecule is C[C@H]([C@H](O)C(C)(C)C)S(=O)O. The first-order valence-electron chi connectivity index (χ1n) is 3.54. The summed E-state index contributed by atoms with van der Waals surface area (Å²) in [6, 6.07) is 0. The van der Waals surface area contributed by atoms with Gasteiger partial charge in [-0.25, -0.2) is 4.21 Å². The maximum atomic E-state index is 10.5. The van der Waals surface area contributed by atoms with Crippen molar-refractivity contribution >= 4 is 11.1 Å². The van der Waals surface area contributed by atoms with Crippen LogP contribution in [0.15, 0.2) is 0 Å². The second-order valence-electron chi connectivity index (χ2n) is 3.79. The minimum absolute atomic E-state index is 0.336. The quantitative estimate of drug-likeness (QED) is 0.623. The van der Waals surface area contributed by atoms with Crippen LogP contribution in [0.4, 0.5) is 0 Å². The minimum Gasteiger partial charge on any atom is -0.391 e. The highest BCUT2D eigenvalue weighted by Gasteiger charge is 2.30. The molecule has 0 rings (SSSR count). The Kier molecular flexibility index (Phi) is 3.67. The van der Waals surface area contributed by atoms with Gasteiger partial charge in [-0.15, -0.1) is 0 Å². The molecule has 0 saturated heterocycles. The highest BCUT2D eigenvalue weighted by Crippen LogP contribution is 2.23. The van der Waals surface area contributed by atoms with Gasteiger partial charge in [-0.2, -0.15) is 0 Å². The maximum Gasteiger partial charge on any atom is 0.158 e. The molecule has 4 heteroatoms. The van der Waals surface area contributed by atoms with E-state index in [0.717, 1.165) is 0 Å². The van der Waals surface area contributed by atoms with Crippen LogP contribution in [0.3, 0.4) is 0 Å². The highest BCUT2D eigenvalue weighted by molar-refractivity contribution is 7.79. The van der Waals surface area contributed by atoms with Crippen LogP contribution in [0, 0.1) is 5.41 Å². The van der Waals surface area contributed by atoms with E-state index in [1.54, 1.807) is 6.92 Å². The molecule has 11 heavy (non-hydrogen) atoms. The van der Waals surface area contributed by atoms with Crippen LogP contribution < -0.4 is 0 Å². The molecular weight excluding hydrogens is 164 g/mol. The van der Waals surface area contributed by atoms with E-state index < -0.39 is 22.4 Å². The topological polar surface area (TPSA) is 57.5 Å². The van der Waals surface area contributed by atoms with Crippen LogP contribution in [0.25, 0.3) is 0 Å². The molecule has 0 aromatic carbocycles. The van der Waals surface area contributed by atoms with Crippen LogP contribution in [-0.2, 0) is 11.1 Å².